The Morgan fingerprint density at radius 2 is 1.93 bits per heavy atom. The van der Waals surface area contributed by atoms with Crippen molar-refractivity contribution >= 4 is 11.7 Å². The number of aryl methyl sites for hydroxylation is 1. The highest BCUT2D eigenvalue weighted by Gasteiger charge is 2.41. The fourth-order valence-corrected chi connectivity index (χ4v) is 4.96. The van der Waals surface area contributed by atoms with Gasteiger partial charge in [-0.05, 0) is 50.8 Å². The number of nitrogens with zero attached hydrogens (tertiary/aromatic N) is 5. The molecule has 1 aromatic heterocycles. The van der Waals surface area contributed by atoms with Crippen molar-refractivity contribution < 1.29 is 4.79 Å². The van der Waals surface area contributed by atoms with Gasteiger partial charge in [-0.3, -0.25) is 9.78 Å². The average molecular weight is 408 g/mol. The summed E-state index contributed by atoms with van der Waals surface area (Å²) in [4.78, 5) is 27.7. The molecule has 0 saturated carbocycles. The zero-order valence-electron chi connectivity index (χ0n) is 18.3. The number of carbonyl (C=O) groups is 1. The van der Waals surface area contributed by atoms with Gasteiger partial charge in [0.1, 0.15) is 11.5 Å². The monoisotopic (exact) mass is 407 g/mol. The Balaban J connectivity index is 1.34. The summed E-state index contributed by atoms with van der Waals surface area (Å²) in [6.45, 7) is 5.55. The number of piperidine rings is 1. The van der Waals surface area contributed by atoms with E-state index in [1.54, 1.807) is 31.4 Å². The molecule has 1 unspecified atom stereocenters. The molecule has 2 aliphatic rings. The van der Waals surface area contributed by atoms with Crippen LogP contribution in [0.25, 0.3) is 0 Å². The van der Waals surface area contributed by atoms with Gasteiger partial charge in [0.05, 0.1) is 12.4 Å². The molecule has 2 aromatic rings. The van der Waals surface area contributed by atoms with Gasteiger partial charge >= 0.3 is 0 Å². The molecule has 6 heteroatoms. The van der Waals surface area contributed by atoms with E-state index in [4.69, 9.17) is 0 Å². The molecule has 2 aliphatic heterocycles. The fraction of sp³-hybridized carbons (Fsp3) is 0.542. The third-order valence-electron chi connectivity index (χ3n) is 6.53. The van der Waals surface area contributed by atoms with E-state index in [1.807, 2.05) is 0 Å². The number of hydrogen-bond acceptors (Lipinski definition) is 5. The van der Waals surface area contributed by atoms with Crippen molar-refractivity contribution in [1.82, 2.24) is 19.8 Å². The van der Waals surface area contributed by atoms with Crippen molar-refractivity contribution in [3.8, 4) is 0 Å². The highest BCUT2D eigenvalue weighted by Crippen LogP contribution is 2.40. The van der Waals surface area contributed by atoms with Crippen molar-refractivity contribution in [2.45, 2.75) is 32.1 Å². The number of anilines is 1. The zero-order chi connectivity index (χ0) is 21.0. The predicted molar refractivity (Wildman–Crippen MR) is 120 cm³/mol. The summed E-state index contributed by atoms with van der Waals surface area (Å²) in [5.41, 5.74) is 2.19. The maximum Gasteiger partial charge on any atom is 0.273 e. The quantitative estimate of drug-likeness (QED) is 0.737. The van der Waals surface area contributed by atoms with Crippen molar-refractivity contribution in [2.75, 3.05) is 51.7 Å². The van der Waals surface area contributed by atoms with Crippen molar-refractivity contribution in [2.24, 2.45) is 5.41 Å². The van der Waals surface area contributed by atoms with Gasteiger partial charge in [0.25, 0.3) is 5.91 Å². The van der Waals surface area contributed by atoms with Gasteiger partial charge in [-0.1, -0.05) is 30.3 Å². The van der Waals surface area contributed by atoms with Crippen molar-refractivity contribution in [3.05, 3.63) is 54.0 Å². The summed E-state index contributed by atoms with van der Waals surface area (Å²) >= 11 is 0. The molecule has 1 spiro atoms. The smallest absolute Gasteiger partial charge is 0.273 e. The zero-order valence-corrected chi connectivity index (χ0v) is 18.3. The lowest BCUT2D eigenvalue weighted by Crippen LogP contribution is -2.45. The summed E-state index contributed by atoms with van der Waals surface area (Å²) in [5, 5.41) is 0. The van der Waals surface area contributed by atoms with Crippen LogP contribution in [0.5, 0.6) is 0 Å². The Labute approximate surface area is 179 Å². The third kappa shape index (κ3) is 4.81. The number of hydrogen-bond donors (Lipinski definition) is 0. The van der Waals surface area contributed by atoms with Gasteiger partial charge in [0.15, 0.2) is 0 Å². The summed E-state index contributed by atoms with van der Waals surface area (Å²) in [6, 6.07) is 10.8. The van der Waals surface area contributed by atoms with Gasteiger partial charge < -0.3 is 14.7 Å². The lowest BCUT2D eigenvalue weighted by molar-refractivity contribution is 0.0821. The maximum atomic E-state index is 12.3. The molecule has 2 fully saturated rings. The minimum atomic E-state index is -0.0967. The second-order valence-electron chi connectivity index (χ2n) is 9.10. The van der Waals surface area contributed by atoms with Gasteiger partial charge in [-0.15, -0.1) is 0 Å². The first kappa shape index (κ1) is 20.8. The molecule has 1 atom stereocenters. The first-order valence-corrected chi connectivity index (χ1v) is 11.1. The summed E-state index contributed by atoms with van der Waals surface area (Å²) in [7, 11) is 3.49. The van der Waals surface area contributed by atoms with Crippen LogP contribution in [0, 0.1) is 5.41 Å². The average Bonchev–Trinajstić information content (AvgIpc) is 3.17. The molecule has 4 rings (SSSR count). The highest BCUT2D eigenvalue weighted by atomic mass is 16.2. The molecule has 2 saturated heterocycles. The topological polar surface area (TPSA) is 52.6 Å². The standard InChI is InChI=1S/C24H33N5O/c1-27(2)23(30)21-16-25-17-22(26-21)29-15-12-24(19-29)11-7-14-28(18-24)13-6-10-20-8-4-3-5-9-20/h3-5,8-9,16-17H,6-7,10-15,18-19H2,1-2H3. The highest BCUT2D eigenvalue weighted by molar-refractivity contribution is 5.91. The van der Waals surface area contributed by atoms with E-state index in [9.17, 15) is 4.79 Å². The van der Waals surface area contributed by atoms with Crippen LogP contribution in [-0.2, 0) is 6.42 Å². The normalized spacial score (nSPS) is 21.9. The Bertz CT molecular complexity index is 856. The van der Waals surface area contributed by atoms with Crippen LogP contribution in [0.2, 0.25) is 0 Å². The van der Waals surface area contributed by atoms with Gasteiger partial charge in [0.2, 0.25) is 0 Å². The second-order valence-corrected chi connectivity index (χ2v) is 9.10. The van der Waals surface area contributed by atoms with Crippen molar-refractivity contribution in [3.63, 3.8) is 0 Å². The molecule has 0 bridgehead atoms. The minimum absolute atomic E-state index is 0.0967. The molecular weight excluding hydrogens is 374 g/mol. The van der Waals surface area contributed by atoms with E-state index < -0.39 is 0 Å². The fourth-order valence-electron chi connectivity index (χ4n) is 4.96. The second kappa shape index (κ2) is 9.13. The molecule has 0 N–H and O–H groups in total. The number of amides is 1. The lowest BCUT2D eigenvalue weighted by atomic mass is 9.79. The number of likely N-dealkylation sites (tertiary alicyclic amines) is 1. The van der Waals surface area contributed by atoms with Gasteiger partial charge in [-0.25, -0.2) is 4.98 Å². The van der Waals surface area contributed by atoms with Crippen molar-refractivity contribution in [1.29, 1.82) is 0 Å². The van der Waals surface area contributed by atoms with E-state index in [0.717, 1.165) is 25.3 Å². The van der Waals surface area contributed by atoms with Gasteiger partial charge in [-0.2, -0.15) is 0 Å². The van der Waals surface area contributed by atoms with E-state index >= 15 is 0 Å². The van der Waals surface area contributed by atoms with E-state index in [2.05, 4.69) is 50.1 Å². The van der Waals surface area contributed by atoms with Crippen LogP contribution >= 0.6 is 0 Å². The molecule has 1 aromatic carbocycles. The minimum Gasteiger partial charge on any atom is -0.355 e. The molecule has 0 aliphatic carbocycles. The lowest BCUT2D eigenvalue weighted by Gasteiger charge is -2.40. The number of carbonyl (C=O) groups excluding carboxylic acids is 1. The third-order valence-corrected chi connectivity index (χ3v) is 6.53. The van der Waals surface area contributed by atoms with Crippen LogP contribution in [0.15, 0.2) is 42.7 Å². The van der Waals surface area contributed by atoms with Crippen LogP contribution in [0.4, 0.5) is 5.82 Å². The Kier molecular flexibility index (Phi) is 6.32. The molecule has 6 nitrogen and oxygen atoms in total. The first-order chi connectivity index (χ1) is 14.5. The van der Waals surface area contributed by atoms with Gasteiger partial charge in [0, 0.05) is 39.1 Å². The maximum absolute atomic E-state index is 12.3. The van der Waals surface area contributed by atoms with Crippen LogP contribution in [0.3, 0.4) is 0 Å². The molecule has 160 valence electrons. The largest absolute Gasteiger partial charge is 0.355 e. The number of rotatable bonds is 6. The molecule has 3 heterocycles. The molecule has 0 radical (unpaired) electrons. The Hall–Kier alpha value is -2.47. The van der Waals surface area contributed by atoms with E-state index in [-0.39, 0.29) is 5.91 Å². The Morgan fingerprint density at radius 3 is 2.73 bits per heavy atom. The molecular formula is C24H33N5O. The number of aromatic nitrogens is 2. The van der Waals surface area contributed by atoms with E-state index in [0.29, 0.717) is 11.1 Å². The SMILES string of the molecule is CN(C)C(=O)c1cncc(N2CCC3(CCCN(CCCc4ccccc4)C3)C2)n1. The van der Waals surface area contributed by atoms with Crippen LogP contribution in [-0.4, -0.2) is 72.5 Å². The molecule has 1 amide bonds. The molecule has 30 heavy (non-hydrogen) atoms. The van der Waals surface area contributed by atoms with Crippen LogP contribution < -0.4 is 4.90 Å². The summed E-state index contributed by atoms with van der Waals surface area (Å²) < 4.78 is 0. The summed E-state index contributed by atoms with van der Waals surface area (Å²) in [5.74, 6) is 0.737. The predicted octanol–water partition coefficient (Wildman–Crippen LogP) is 3.10. The Morgan fingerprint density at radius 1 is 1.10 bits per heavy atom. The van der Waals surface area contributed by atoms with Crippen LogP contribution in [0.1, 0.15) is 41.7 Å². The summed E-state index contributed by atoms with van der Waals surface area (Å²) in [6.07, 6.45) is 9.46. The number of benzene rings is 1. The van der Waals surface area contributed by atoms with E-state index in [1.165, 1.54) is 50.9 Å². The first-order valence-electron chi connectivity index (χ1n) is 11.1.